The Kier molecular flexibility index (Phi) is 7.95. The second-order valence-corrected chi connectivity index (χ2v) is 3.78. The normalized spacial score (nSPS) is 12.5. The van der Waals surface area contributed by atoms with Gasteiger partial charge >= 0.3 is 0 Å². The first-order valence-corrected chi connectivity index (χ1v) is 5.62. The Morgan fingerprint density at radius 2 is 2.09 bits per heavy atom. The summed E-state index contributed by atoms with van der Waals surface area (Å²) in [5.41, 5.74) is 0. The molecule has 0 aromatic carbocycles. The summed E-state index contributed by atoms with van der Waals surface area (Å²) in [4.78, 5) is 0. The first-order valence-electron chi connectivity index (χ1n) is 4.34. The molecule has 1 heteroatoms. The van der Waals surface area contributed by atoms with Gasteiger partial charge in [-0.25, -0.2) is 0 Å². The minimum Gasteiger partial charge on any atom is -0.149 e. The van der Waals surface area contributed by atoms with Crippen LogP contribution in [0.4, 0.5) is 0 Å². The summed E-state index contributed by atoms with van der Waals surface area (Å²) in [6, 6.07) is 0. The molecule has 0 rings (SSSR count). The third-order valence-electron chi connectivity index (χ3n) is 1.79. The average Bonchev–Trinajstić information content (AvgIpc) is 2.05. The standard InChI is InChI=1S/C10H18S/c1-4-6-7-8-9-10(5-2)11-3/h2,10H,4,6-9H2,1,3H3. The van der Waals surface area contributed by atoms with E-state index in [1.165, 1.54) is 32.1 Å². The van der Waals surface area contributed by atoms with Crippen LogP contribution in [0.25, 0.3) is 0 Å². The lowest BCUT2D eigenvalue weighted by Gasteiger charge is -2.05. The highest BCUT2D eigenvalue weighted by molar-refractivity contribution is 7.99. The highest BCUT2D eigenvalue weighted by Gasteiger charge is 2.00. The fourth-order valence-corrected chi connectivity index (χ4v) is 1.56. The van der Waals surface area contributed by atoms with E-state index in [2.05, 4.69) is 19.1 Å². The van der Waals surface area contributed by atoms with Crippen LogP contribution in [0.1, 0.15) is 39.0 Å². The van der Waals surface area contributed by atoms with Gasteiger partial charge in [-0.1, -0.05) is 38.5 Å². The summed E-state index contributed by atoms with van der Waals surface area (Å²) in [6.45, 7) is 2.23. The number of thioether (sulfide) groups is 1. The Hall–Kier alpha value is -0.0900. The predicted molar refractivity (Wildman–Crippen MR) is 54.9 cm³/mol. The van der Waals surface area contributed by atoms with Crippen molar-refractivity contribution in [1.29, 1.82) is 0 Å². The Bertz CT molecular complexity index is 113. The van der Waals surface area contributed by atoms with Gasteiger partial charge < -0.3 is 0 Å². The van der Waals surface area contributed by atoms with Gasteiger partial charge in [0, 0.05) is 0 Å². The van der Waals surface area contributed by atoms with Crippen LogP contribution in [0.2, 0.25) is 0 Å². The van der Waals surface area contributed by atoms with Crippen molar-refractivity contribution in [3.8, 4) is 12.3 Å². The van der Waals surface area contributed by atoms with Crippen LogP contribution in [-0.4, -0.2) is 11.5 Å². The van der Waals surface area contributed by atoms with E-state index in [1.54, 1.807) is 11.8 Å². The molecule has 11 heavy (non-hydrogen) atoms. The minimum atomic E-state index is 0.451. The van der Waals surface area contributed by atoms with Crippen molar-refractivity contribution in [2.45, 2.75) is 44.3 Å². The van der Waals surface area contributed by atoms with Crippen molar-refractivity contribution >= 4 is 11.8 Å². The molecular formula is C10H18S. The zero-order valence-corrected chi connectivity index (χ0v) is 8.41. The Morgan fingerprint density at radius 1 is 1.36 bits per heavy atom. The fraction of sp³-hybridized carbons (Fsp3) is 0.800. The van der Waals surface area contributed by atoms with Gasteiger partial charge in [0.1, 0.15) is 0 Å². The smallest absolute Gasteiger partial charge is 0.0651 e. The largest absolute Gasteiger partial charge is 0.149 e. The van der Waals surface area contributed by atoms with Crippen molar-refractivity contribution in [3.63, 3.8) is 0 Å². The monoisotopic (exact) mass is 170 g/mol. The number of unbranched alkanes of at least 4 members (excludes halogenated alkanes) is 3. The Balaban J connectivity index is 3.16. The third-order valence-corrected chi connectivity index (χ3v) is 2.73. The van der Waals surface area contributed by atoms with Gasteiger partial charge in [0.05, 0.1) is 5.25 Å². The second-order valence-electron chi connectivity index (χ2n) is 2.74. The SMILES string of the molecule is C#CC(CCCCCC)SC. The van der Waals surface area contributed by atoms with Gasteiger partial charge in [-0.15, -0.1) is 18.2 Å². The Labute approximate surface area is 75.1 Å². The van der Waals surface area contributed by atoms with Crippen molar-refractivity contribution < 1.29 is 0 Å². The molecule has 0 aliphatic rings. The number of hydrogen-bond acceptors (Lipinski definition) is 1. The highest BCUT2D eigenvalue weighted by Crippen LogP contribution is 2.14. The maximum Gasteiger partial charge on any atom is 0.0651 e. The quantitative estimate of drug-likeness (QED) is 0.435. The first-order chi connectivity index (χ1) is 5.35. The molecule has 0 heterocycles. The molecule has 0 nitrogen and oxygen atoms in total. The van der Waals surface area contributed by atoms with Crippen LogP contribution < -0.4 is 0 Å². The van der Waals surface area contributed by atoms with E-state index in [4.69, 9.17) is 6.42 Å². The molecule has 0 radical (unpaired) electrons. The van der Waals surface area contributed by atoms with Crippen molar-refractivity contribution in [2.24, 2.45) is 0 Å². The van der Waals surface area contributed by atoms with Crippen LogP contribution in [0.3, 0.4) is 0 Å². The number of rotatable bonds is 6. The molecule has 1 unspecified atom stereocenters. The van der Waals surface area contributed by atoms with Crippen LogP contribution in [0.15, 0.2) is 0 Å². The van der Waals surface area contributed by atoms with Gasteiger partial charge in [-0.2, -0.15) is 0 Å². The molecule has 0 fully saturated rings. The number of hydrogen-bond donors (Lipinski definition) is 0. The van der Waals surface area contributed by atoms with E-state index in [1.807, 2.05) is 0 Å². The number of terminal acetylenes is 1. The summed E-state index contributed by atoms with van der Waals surface area (Å²) in [7, 11) is 0. The van der Waals surface area contributed by atoms with Crippen molar-refractivity contribution in [2.75, 3.05) is 6.26 Å². The summed E-state index contributed by atoms with van der Waals surface area (Å²) < 4.78 is 0. The fourth-order valence-electron chi connectivity index (χ4n) is 1.03. The van der Waals surface area contributed by atoms with Gasteiger partial charge in [0.2, 0.25) is 0 Å². The van der Waals surface area contributed by atoms with Gasteiger partial charge in [-0.05, 0) is 12.7 Å². The lowest BCUT2D eigenvalue weighted by atomic mass is 10.1. The van der Waals surface area contributed by atoms with E-state index in [0.717, 1.165) is 0 Å². The van der Waals surface area contributed by atoms with Crippen molar-refractivity contribution in [1.82, 2.24) is 0 Å². The molecule has 0 aromatic rings. The second kappa shape index (κ2) is 8.01. The maximum absolute atomic E-state index is 5.33. The van der Waals surface area contributed by atoms with Crippen LogP contribution in [0, 0.1) is 12.3 Å². The van der Waals surface area contributed by atoms with Gasteiger partial charge in [0.25, 0.3) is 0 Å². The van der Waals surface area contributed by atoms with E-state index < -0.39 is 0 Å². The van der Waals surface area contributed by atoms with E-state index >= 15 is 0 Å². The molecule has 0 aromatic heterocycles. The lowest BCUT2D eigenvalue weighted by molar-refractivity contribution is 0.645. The molecule has 0 aliphatic carbocycles. The van der Waals surface area contributed by atoms with E-state index in [9.17, 15) is 0 Å². The molecule has 64 valence electrons. The first kappa shape index (κ1) is 10.9. The molecule has 0 saturated heterocycles. The minimum absolute atomic E-state index is 0.451. The summed E-state index contributed by atoms with van der Waals surface area (Å²) in [5, 5.41) is 0.451. The van der Waals surface area contributed by atoms with E-state index in [-0.39, 0.29) is 0 Å². The Morgan fingerprint density at radius 3 is 2.55 bits per heavy atom. The third kappa shape index (κ3) is 6.31. The zero-order valence-electron chi connectivity index (χ0n) is 7.60. The van der Waals surface area contributed by atoms with E-state index in [0.29, 0.717) is 5.25 Å². The van der Waals surface area contributed by atoms with Crippen LogP contribution >= 0.6 is 11.8 Å². The molecule has 0 spiro atoms. The summed E-state index contributed by atoms with van der Waals surface area (Å²) in [6.07, 6.45) is 13.9. The maximum atomic E-state index is 5.33. The molecule has 0 aliphatic heterocycles. The zero-order chi connectivity index (χ0) is 8.53. The molecule has 0 N–H and O–H groups in total. The van der Waals surface area contributed by atoms with Gasteiger partial charge in [0.15, 0.2) is 0 Å². The summed E-state index contributed by atoms with van der Waals surface area (Å²) >= 11 is 1.79. The molecular weight excluding hydrogens is 152 g/mol. The van der Waals surface area contributed by atoms with Crippen molar-refractivity contribution in [3.05, 3.63) is 0 Å². The molecule has 0 saturated carbocycles. The average molecular weight is 170 g/mol. The highest BCUT2D eigenvalue weighted by atomic mass is 32.2. The molecule has 0 bridgehead atoms. The van der Waals surface area contributed by atoms with Crippen LogP contribution in [0.5, 0.6) is 0 Å². The predicted octanol–water partition coefficient (Wildman–Crippen LogP) is 3.32. The van der Waals surface area contributed by atoms with Crippen LogP contribution in [-0.2, 0) is 0 Å². The lowest BCUT2D eigenvalue weighted by Crippen LogP contribution is -1.96. The van der Waals surface area contributed by atoms with Gasteiger partial charge in [-0.3, -0.25) is 0 Å². The molecule has 1 atom stereocenters. The summed E-state index contributed by atoms with van der Waals surface area (Å²) in [5.74, 6) is 2.79. The molecule has 0 amide bonds. The topological polar surface area (TPSA) is 0 Å².